The van der Waals surface area contributed by atoms with E-state index in [1.807, 2.05) is 18.2 Å². The van der Waals surface area contributed by atoms with E-state index >= 15 is 4.39 Å². The van der Waals surface area contributed by atoms with E-state index < -0.39 is 5.82 Å². The van der Waals surface area contributed by atoms with Crippen molar-refractivity contribution in [3.05, 3.63) is 81.9 Å². The van der Waals surface area contributed by atoms with Crippen LogP contribution in [0.5, 0.6) is 0 Å². The first-order valence-electron chi connectivity index (χ1n) is 10.7. The summed E-state index contributed by atoms with van der Waals surface area (Å²) in [7, 11) is 0. The Morgan fingerprint density at radius 2 is 1.69 bits per heavy atom. The molecule has 3 aromatic carbocycles. The maximum Gasteiger partial charge on any atom is 0.142 e. The van der Waals surface area contributed by atoms with Gasteiger partial charge in [0, 0.05) is 5.39 Å². The second-order valence-corrected chi connectivity index (χ2v) is 8.80. The zero-order valence-electron chi connectivity index (χ0n) is 16.9. The quantitative estimate of drug-likeness (QED) is 0.395. The number of hydrogen-bond donors (Lipinski definition) is 0. The standard InChI is InChI=1S/C26H27ClF2/c1-2-17-3-7-19(8-4-17)21-12-13-23-22(16-21)11-10-20(26(23)29)9-5-18-6-14-24(27)25(28)15-18/h6,10-17,19H,2-5,7-9H2,1H3. The normalized spacial score (nSPS) is 19.6. The van der Waals surface area contributed by atoms with Gasteiger partial charge in [0.1, 0.15) is 11.6 Å². The topological polar surface area (TPSA) is 0 Å². The molecule has 0 N–H and O–H groups in total. The molecule has 1 aliphatic rings. The van der Waals surface area contributed by atoms with Crippen LogP contribution in [0.4, 0.5) is 8.78 Å². The molecule has 1 fully saturated rings. The van der Waals surface area contributed by atoms with Crippen LogP contribution in [0, 0.1) is 17.6 Å². The van der Waals surface area contributed by atoms with E-state index in [2.05, 4.69) is 19.1 Å². The van der Waals surface area contributed by atoms with Gasteiger partial charge in [-0.05, 0) is 84.6 Å². The van der Waals surface area contributed by atoms with E-state index in [0.717, 1.165) is 16.9 Å². The van der Waals surface area contributed by atoms with Gasteiger partial charge in [0.15, 0.2) is 0 Å². The van der Waals surface area contributed by atoms with Gasteiger partial charge in [0.2, 0.25) is 0 Å². The third-order valence-corrected chi connectivity index (χ3v) is 6.93. The Morgan fingerprint density at radius 3 is 2.41 bits per heavy atom. The van der Waals surface area contributed by atoms with E-state index in [1.54, 1.807) is 12.1 Å². The van der Waals surface area contributed by atoms with Gasteiger partial charge in [-0.25, -0.2) is 8.78 Å². The van der Waals surface area contributed by atoms with E-state index in [-0.39, 0.29) is 10.8 Å². The predicted molar refractivity (Wildman–Crippen MR) is 118 cm³/mol. The Balaban J connectivity index is 1.51. The number of fused-ring (bicyclic) bond motifs is 1. The Labute approximate surface area is 176 Å². The number of rotatable bonds is 5. The van der Waals surface area contributed by atoms with E-state index in [0.29, 0.717) is 29.7 Å². The van der Waals surface area contributed by atoms with Gasteiger partial charge in [-0.1, -0.05) is 61.3 Å². The van der Waals surface area contributed by atoms with Crippen LogP contribution in [0.3, 0.4) is 0 Å². The Kier molecular flexibility index (Phi) is 6.20. The van der Waals surface area contributed by atoms with Crippen LogP contribution in [0.15, 0.2) is 48.5 Å². The lowest BCUT2D eigenvalue weighted by Crippen LogP contribution is -2.12. The Bertz CT molecular complexity index is 1000. The third kappa shape index (κ3) is 4.48. The predicted octanol–water partition coefficient (Wildman–Crippen LogP) is 8.24. The summed E-state index contributed by atoms with van der Waals surface area (Å²) in [6, 6.07) is 14.9. The molecule has 1 aliphatic carbocycles. The first-order chi connectivity index (χ1) is 14.0. The van der Waals surface area contributed by atoms with Gasteiger partial charge in [-0.2, -0.15) is 0 Å². The van der Waals surface area contributed by atoms with Gasteiger partial charge in [-0.15, -0.1) is 0 Å². The van der Waals surface area contributed by atoms with Crippen LogP contribution in [0.2, 0.25) is 5.02 Å². The molecule has 0 amide bonds. The number of hydrogen-bond acceptors (Lipinski definition) is 0. The van der Waals surface area contributed by atoms with Crippen LogP contribution in [0.25, 0.3) is 10.8 Å². The highest BCUT2D eigenvalue weighted by molar-refractivity contribution is 6.30. The zero-order valence-corrected chi connectivity index (χ0v) is 17.6. The fourth-order valence-electron chi connectivity index (χ4n) is 4.68. The van der Waals surface area contributed by atoms with Gasteiger partial charge >= 0.3 is 0 Å². The van der Waals surface area contributed by atoms with Crippen LogP contribution in [0.1, 0.15) is 61.6 Å². The summed E-state index contributed by atoms with van der Waals surface area (Å²) in [4.78, 5) is 0. The van der Waals surface area contributed by atoms with Crippen molar-refractivity contribution < 1.29 is 8.78 Å². The van der Waals surface area contributed by atoms with E-state index in [4.69, 9.17) is 11.6 Å². The molecule has 0 unspecified atom stereocenters. The highest BCUT2D eigenvalue weighted by Gasteiger charge is 2.21. The summed E-state index contributed by atoms with van der Waals surface area (Å²) < 4.78 is 28.7. The SMILES string of the molecule is CCC1CCC(c2ccc3c(F)c(CCc4ccc(Cl)c(F)c4)ccc3c2)CC1. The van der Waals surface area contributed by atoms with Crippen molar-refractivity contribution >= 4 is 22.4 Å². The number of benzene rings is 3. The lowest BCUT2D eigenvalue weighted by molar-refractivity contribution is 0.319. The second kappa shape index (κ2) is 8.83. The molecule has 0 aromatic heterocycles. The van der Waals surface area contributed by atoms with Crippen LogP contribution >= 0.6 is 11.6 Å². The van der Waals surface area contributed by atoms with Crippen molar-refractivity contribution in [3.63, 3.8) is 0 Å². The second-order valence-electron chi connectivity index (χ2n) is 8.39. The number of aryl methyl sites for hydroxylation is 2. The Morgan fingerprint density at radius 1 is 0.897 bits per heavy atom. The smallest absolute Gasteiger partial charge is 0.142 e. The van der Waals surface area contributed by atoms with Crippen molar-refractivity contribution in [3.8, 4) is 0 Å². The molecule has 0 atom stereocenters. The molecule has 4 rings (SSSR count). The van der Waals surface area contributed by atoms with Gasteiger partial charge < -0.3 is 0 Å². The minimum atomic E-state index is -0.427. The highest BCUT2D eigenvalue weighted by atomic mass is 35.5. The van der Waals surface area contributed by atoms with Crippen molar-refractivity contribution in [2.75, 3.05) is 0 Å². The summed E-state index contributed by atoms with van der Waals surface area (Å²) in [5.41, 5.74) is 2.84. The molecule has 1 saturated carbocycles. The molecule has 0 saturated heterocycles. The van der Waals surface area contributed by atoms with Crippen molar-refractivity contribution in [1.82, 2.24) is 0 Å². The summed E-state index contributed by atoms with van der Waals surface area (Å²) in [5, 5.41) is 1.76. The lowest BCUT2D eigenvalue weighted by Gasteiger charge is -2.28. The van der Waals surface area contributed by atoms with E-state index in [1.165, 1.54) is 43.7 Å². The van der Waals surface area contributed by atoms with Gasteiger partial charge in [-0.3, -0.25) is 0 Å². The monoisotopic (exact) mass is 412 g/mol. The molecule has 3 aromatic rings. The molecule has 0 bridgehead atoms. The third-order valence-electron chi connectivity index (χ3n) is 6.62. The molecule has 0 radical (unpaired) electrons. The first kappa shape index (κ1) is 20.3. The lowest BCUT2D eigenvalue weighted by atomic mass is 9.77. The first-order valence-corrected chi connectivity index (χ1v) is 11.1. The molecule has 152 valence electrons. The van der Waals surface area contributed by atoms with Crippen molar-refractivity contribution in [2.45, 2.75) is 57.8 Å². The average Bonchev–Trinajstić information content (AvgIpc) is 2.75. The van der Waals surface area contributed by atoms with E-state index in [9.17, 15) is 4.39 Å². The zero-order chi connectivity index (χ0) is 20.4. The molecule has 29 heavy (non-hydrogen) atoms. The van der Waals surface area contributed by atoms with Crippen molar-refractivity contribution in [1.29, 1.82) is 0 Å². The molecular weight excluding hydrogens is 386 g/mol. The van der Waals surface area contributed by atoms with Crippen LogP contribution in [-0.4, -0.2) is 0 Å². The minimum Gasteiger partial charge on any atom is -0.206 e. The van der Waals surface area contributed by atoms with Crippen LogP contribution in [-0.2, 0) is 12.8 Å². The Hall–Kier alpha value is -1.93. The van der Waals surface area contributed by atoms with Crippen LogP contribution < -0.4 is 0 Å². The summed E-state index contributed by atoms with van der Waals surface area (Å²) in [5.74, 6) is 0.896. The van der Waals surface area contributed by atoms with Gasteiger partial charge in [0.05, 0.1) is 5.02 Å². The molecule has 0 nitrogen and oxygen atoms in total. The average molecular weight is 413 g/mol. The summed E-state index contributed by atoms with van der Waals surface area (Å²) in [6.45, 7) is 2.28. The molecule has 0 heterocycles. The molecule has 3 heteroatoms. The maximum absolute atomic E-state index is 15.1. The van der Waals surface area contributed by atoms with Gasteiger partial charge in [0.25, 0.3) is 0 Å². The maximum atomic E-state index is 15.1. The molecule has 0 aliphatic heterocycles. The fraction of sp³-hybridized carbons (Fsp3) is 0.385. The number of halogens is 3. The minimum absolute atomic E-state index is 0.115. The van der Waals surface area contributed by atoms with Crippen molar-refractivity contribution in [2.24, 2.45) is 5.92 Å². The largest absolute Gasteiger partial charge is 0.206 e. The highest BCUT2D eigenvalue weighted by Crippen LogP contribution is 2.38. The summed E-state index contributed by atoms with van der Waals surface area (Å²) >= 11 is 5.74. The summed E-state index contributed by atoms with van der Waals surface area (Å²) in [6.07, 6.45) is 7.47. The fourth-order valence-corrected chi connectivity index (χ4v) is 4.80. The molecular formula is C26H27ClF2. The molecule has 0 spiro atoms.